The molecule has 0 saturated carbocycles. The van der Waals surface area contributed by atoms with E-state index in [4.69, 9.17) is 14.5 Å². The van der Waals surface area contributed by atoms with Crippen molar-refractivity contribution >= 4 is 16.7 Å². The van der Waals surface area contributed by atoms with Gasteiger partial charge in [-0.1, -0.05) is 6.58 Å². The highest BCUT2D eigenvalue weighted by molar-refractivity contribution is 5.92. The van der Waals surface area contributed by atoms with E-state index in [0.717, 1.165) is 28.0 Å². The number of methoxy groups -OCH3 is 1. The summed E-state index contributed by atoms with van der Waals surface area (Å²) in [5, 5.41) is 21.4. The van der Waals surface area contributed by atoms with E-state index in [1.807, 2.05) is 22.9 Å². The van der Waals surface area contributed by atoms with Crippen LogP contribution in [0.1, 0.15) is 19.9 Å². The van der Waals surface area contributed by atoms with Crippen molar-refractivity contribution in [2.45, 2.75) is 26.0 Å². The first kappa shape index (κ1) is 21.6. The van der Waals surface area contributed by atoms with Gasteiger partial charge in [0, 0.05) is 24.2 Å². The summed E-state index contributed by atoms with van der Waals surface area (Å²) in [5.41, 5.74) is 3.22. The lowest BCUT2D eigenvalue weighted by molar-refractivity contribution is 0.108. The highest BCUT2D eigenvalue weighted by atomic mass is 16.5. The van der Waals surface area contributed by atoms with Crippen molar-refractivity contribution in [2.24, 2.45) is 0 Å². The SMILES string of the molecule is C=CNc1cc(-c2cc(OC)cc(OCC(O)CNC)c2)nc2c1cnn2C(C)C. The fourth-order valence-electron chi connectivity index (χ4n) is 3.18. The van der Waals surface area contributed by atoms with Crippen LogP contribution in [0.4, 0.5) is 5.69 Å². The predicted octanol–water partition coefficient (Wildman–Crippen LogP) is 3.20. The Morgan fingerprint density at radius 3 is 2.67 bits per heavy atom. The molecule has 30 heavy (non-hydrogen) atoms. The number of ether oxygens (including phenoxy) is 2. The number of fused-ring (bicyclic) bond motifs is 1. The van der Waals surface area contributed by atoms with Gasteiger partial charge in [-0.05, 0) is 45.3 Å². The number of aliphatic hydroxyl groups is 1. The average molecular weight is 412 g/mol. The predicted molar refractivity (Wildman–Crippen MR) is 119 cm³/mol. The van der Waals surface area contributed by atoms with Gasteiger partial charge >= 0.3 is 0 Å². The van der Waals surface area contributed by atoms with Crippen molar-refractivity contribution in [1.29, 1.82) is 0 Å². The number of rotatable bonds is 10. The number of anilines is 1. The summed E-state index contributed by atoms with van der Waals surface area (Å²) in [4.78, 5) is 4.87. The molecule has 0 spiro atoms. The second-order valence-corrected chi connectivity index (χ2v) is 7.24. The molecule has 0 aliphatic heterocycles. The number of pyridine rings is 1. The Morgan fingerprint density at radius 2 is 2.00 bits per heavy atom. The maximum absolute atomic E-state index is 9.94. The molecule has 3 aromatic rings. The van der Waals surface area contributed by atoms with Crippen molar-refractivity contribution in [2.75, 3.05) is 32.6 Å². The third-order valence-electron chi connectivity index (χ3n) is 4.61. The fourth-order valence-corrected chi connectivity index (χ4v) is 3.18. The molecule has 2 aromatic heterocycles. The molecule has 1 aromatic carbocycles. The highest BCUT2D eigenvalue weighted by Crippen LogP contribution is 2.33. The van der Waals surface area contributed by atoms with E-state index in [1.165, 1.54) is 0 Å². The van der Waals surface area contributed by atoms with Crippen LogP contribution < -0.4 is 20.1 Å². The molecule has 1 atom stereocenters. The van der Waals surface area contributed by atoms with E-state index in [0.29, 0.717) is 18.0 Å². The smallest absolute Gasteiger partial charge is 0.160 e. The number of hydrogen-bond acceptors (Lipinski definition) is 7. The first-order valence-electron chi connectivity index (χ1n) is 9.87. The molecule has 3 rings (SSSR count). The van der Waals surface area contributed by atoms with Crippen LogP contribution in [0, 0.1) is 0 Å². The van der Waals surface area contributed by atoms with Crippen LogP contribution in [0.3, 0.4) is 0 Å². The summed E-state index contributed by atoms with van der Waals surface area (Å²) in [6.07, 6.45) is 2.83. The molecular formula is C22H29N5O3. The Balaban J connectivity index is 2.06. The number of aliphatic hydroxyl groups excluding tert-OH is 1. The van der Waals surface area contributed by atoms with Gasteiger partial charge in [0.05, 0.1) is 30.1 Å². The molecule has 2 heterocycles. The standard InChI is InChI=1S/C22H29N5O3/c1-6-24-21-10-20(26-22-19(21)12-25-27(22)14(2)3)15-7-17(29-5)9-18(8-15)30-13-16(28)11-23-4/h6-10,12,14,16,23,28H,1,11,13H2,2-5H3,(H,24,26). The van der Waals surface area contributed by atoms with Gasteiger partial charge in [-0.15, -0.1) is 0 Å². The van der Waals surface area contributed by atoms with Gasteiger partial charge < -0.3 is 25.2 Å². The van der Waals surface area contributed by atoms with Gasteiger partial charge in [0.1, 0.15) is 24.2 Å². The number of nitrogens with one attached hydrogen (secondary N) is 2. The van der Waals surface area contributed by atoms with Gasteiger partial charge in [0.15, 0.2) is 5.65 Å². The van der Waals surface area contributed by atoms with Crippen molar-refractivity contribution < 1.29 is 14.6 Å². The summed E-state index contributed by atoms with van der Waals surface area (Å²) in [5.74, 6) is 1.24. The van der Waals surface area contributed by atoms with Crippen LogP contribution in [-0.2, 0) is 0 Å². The van der Waals surface area contributed by atoms with E-state index in [9.17, 15) is 5.11 Å². The van der Waals surface area contributed by atoms with Gasteiger partial charge in [0.25, 0.3) is 0 Å². The fraction of sp³-hybridized carbons (Fsp3) is 0.364. The molecule has 1 unspecified atom stereocenters. The van der Waals surface area contributed by atoms with Gasteiger partial charge in [-0.25, -0.2) is 9.67 Å². The lowest BCUT2D eigenvalue weighted by Gasteiger charge is -2.15. The third kappa shape index (κ3) is 4.72. The summed E-state index contributed by atoms with van der Waals surface area (Å²) in [6, 6.07) is 7.69. The number of likely N-dealkylation sites (N-methyl/N-ethyl adjacent to an activating group) is 1. The zero-order chi connectivity index (χ0) is 21.7. The van der Waals surface area contributed by atoms with Crippen LogP contribution in [0.25, 0.3) is 22.3 Å². The molecule has 8 heteroatoms. The average Bonchev–Trinajstić information content (AvgIpc) is 3.17. The minimum Gasteiger partial charge on any atom is -0.497 e. The first-order valence-corrected chi connectivity index (χ1v) is 9.87. The summed E-state index contributed by atoms with van der Waals surface area (Å²) >= 11 is 0. The van der Waals surface area contributed by atoms with Gasteiger partial charge in [0.2, 0.25) is 0 Å². The minimum atomic E-state index is -0.608. The second-order valence-electron chi connectivity index (χ2n) is 7.24. The first-order chi connectivity index (χ1) is 14.5. The molecule has 0 saturated heterocycles. The molecule has 3 N–H and O–H groups in total. The number of aromatic nitrogens is 3. The van der Waals surface area contributed by atoms with E-state index >= 15 is 0 Å². The lowest BCUT2D eigenvalue weighted by Crippen LogP contribution is -2.29. The zero-order valence-electron chi connectivity index (χ0n) is 17.8. The molecule has 0 bridgehead atoms. The number of benzene rings is 1. The molecule has 0 fully saturated rings. The Hall–Kier alpha value is -3.10. The Kier molecular flexibility index (Phi) is 6.91. The second kappa shape index (κ2) is 9.60. The van der Waals surface area contributed by atoms with E-state index < -0.39 is 6.10 Å². The van der Waals surface area contributed by atoms with Gasteiger partial charge in [-0.2, -0.15) is 5.10 Å². The highest BCUT2D eigenvalue weighted by Gasteiger charge is 2.15. The van der Waals surface area contributed by atoms with Crippen molar-refractivity contribution in [3.63, 3.8) is 0 Å². The normalized spacial score (nSPS) is 12.2. The molecular weight excluding hydrogens is 382 g/mol. The van der Waals surface area contributed by atoms with Gasteiger partial charge in [-0.3, -0.25) is 0 Å². The van der Waals surface area contributed by atoms with Crippen molar-refractivity contribution in [3.05, 3.63) is 43.2 Å². The van der Waals surface area contributed by atoms with Crippen LogP contribution in [0.2, 0.25) is 0 Å². The third-order valence-corrected chi connectivity index (χ3v) is 4.61. The summed E-state index contributed by atoms with van der Waals surface area (Å²) in [7, 11) is 3.39. The monoisotopic (exact) mass is 411 g/mol. The largest absolute Gasteiger partial charge is 0.497 e. The number of hydrogen-bond donors (Lipinski definition) is 3. The summed E-state index contributed by atoms with van der Waals surface area (Å²) < 4.78 is 13.1. The van der Waals surface area contributed by atoms with Crippen LogP contribution in [-0.4, -0.2) is 53.3 Å². The molecule has 0 aliphatic carbocycles. The van der Waals surface area contributed by atoms with E-state index in [2.05, 4.69) is 36.2 Å². The molecule has 0 amide bonds. The maximum atomic E-state index is 9.94. The Bertz CT molecular complexity index is 1020. The van der Waals surface area contributed by atoms with E-state index in [-0.39, 0.29) is 12.6 Å². The summed E-state index contributed by atoms with van der Waals surface area (Å²) in [6.45, 7) is 8.53. The minimum absolute atomic E-state index is 0.166. The van der Waals surface area contributed by atoms with Crippen molar-refractivity contribution in [1.82, 2.24) is 20.1 Å². The van der Waals surface area contributed by atoms with Crippen LogP contribution >= 0.6 is 0 Å². The van der Waals surface area contributed by atoms with Crippen LogP contribution in [0.5, 0.6) is 11.5 Å². The molecule has 0 radical (unpaired) electrons. The molecule has 0 aliphatic rings. The van der Waals surface area contributed by atoms with E-state index in [1.54, 1.807) is 32.6 Å². The Labute approximate surface area is 176 Å². The lowest BCUT2D eigenvalue weighted by atomic mass is 10.1. The van der Waals surface area contributed by atoms with Crippen LogP contribution in [0.15, 0.2) is 43.2 Å². The number of nitrogens with zero attached hydrogens (tertiary/aromatic N) is 3. The molecule has 160 valence electrons. The molecule has 8 nitrogen and oxygen atoms in total. The Morgan fingerprint density at radius 1 is 1.23 bits per heavy atom. The maximum Gasteiger partial charge on any atom is 0.160 e. The quantitative estimate of drug-likeness (QED) is 0.472. The van der Waals surface area contributed by atoms with Crippen molar-refractivity contribution in [3.8, 4) is 22.8 Å². The topological polar surface area (TPSA) is 93.5 Å². The zero-order valence-corrected chi connectivity index (χ0v) is 17.8.